The Morgan fingerprint density at radius 1 is 1.03 bits per heavy atom. The summed E-state index contributed by atoms with van der Waals surface area (Å²) in [6.45, 7) is 11.7. The topological polar surface area (TPSA) is 88.8 Å². The minimum Gasteiger partial charge on any atom is -0.444 e. The number of likely N-dealkylation sites (N-methyl/N-ethyl adjacent to an activating group) is 1. The highest BCUT2D eigenvalue weighted by Gasteiger charge is 2.27. The summed E-state index contributed by atoms with van der Waals surface area (Å²) < 4.78 is 5.46. The summed E-state index contributed by atoms with van der Waals surface area (Å²) in [5.74, 6) is 1.36. The predicted molar refractivity (Wildman–Crippen MR) is 111 cm³/mol. The van der Waals surface area contributed by atoms with E-state index in [4.69, 9.17) is 9.72 Å². The summed E-state index contributed by atoms with van der Waals surface area (Å²) in [6.07, 6.45) is 0.757. The molecule has 0 spiro atoms. The molecule has 2 aliphatic rings. The van der Waals surface area contributed by atoms with Crippen LogP contribution in [0.15, 0.2) is 6.07 Å². The molecule has 1 amide bonds. The smallest absolute Gasteiger partial charge is 0.410 e. The second-order valence-electron chi connectivity index (χ2n) is 8.62. The number of ether oxygens (including phenoxy) is 1. The Labute approximate surface area is 172 Å². The Bertz CT molecular complexity index is 763. The zero-order chi connectivity index (χ0) is 21.0. The zero-order valence-corrected chi connectivity index (χ0v) is 17.9. The molecular formula is C20H31N7O2. The molecule has 1 aromatic rings. The molecule has 0 saturated carbocycles. The monoisotopic (exact) mass is 401 g/mol. The minimum atomic E-state index is -0.501. The van der Waals surface area contributed by atoms with Gasteiger partial charge in [-0.25, -0.2) is 9.78 Å². The normalized spacial score (nSPS) is 18.9. The number of nitriles is 1. The standard InChI is InChI=1S/C20H31N7O2/c1-20(2,3)29-19(28)27-12-10-25(11-13-27)17-14-16(15-21)22-18(23-17)26-7-5-6-24(4)8-9-26/h14H,5-13H2,1-4H3. The largest absolute Gasteiger partial charge is 0.444 e. The van der Waals surface area contributed by atoms with Crippen LogP contribution < -0.4 is 9.80 Å². The van der Waals surface area contributed by atoms with Crippen molar-refractivity contribution in [1.29, 1.82) is 5.26 Å². The Kier molecular flexibility index (Phi) is 6.42. The van der Waals surface area contributed by atoms with Crippen LogP contribution in [0.4, 0.5) is 16.6 Å². The molecule has 2 saturated heterocycles. The van der Waals surface area contributed by atoms with E-state index in [1.807, 2.05) is 20.8 Å². The number of amides is 1. The van der Waals surface area contributed by atoms with Gasteiger partial charge in [-0.15, -0.1) is 0 Å². The maximum absolute atomic E-state index is 12.3. The molecule has 3 heterocycles. The van der Waals surface area contributed by atoms with Crippen LogP contribution in [0.2, 0.25) is 0 Å². The van der Waals surface area contributed by atoms with Gasteiger partial charge in [0.2, 0.25) is 5.95 Å². The van der Waals surface area contributed by atoms with Crippen molar-refractivity contribution < 1.29 is 9.53 Å². The molecule has 9 nitrogen and oxygen atoms in total. The SMILES string of the molecule is CN1CCCN(c2nc(C#N)cc(N3CCN(C(=O)OC(C)(C)C)CC3)n2)CC1. The molecule has 0 radical (unpaired) electrons. The van der Waals surface area contributed by atoms with Crippen LogP contribution in [0.5, 0.6) is 0 Å². The predicted octanol–water partition coefficient (Wildman–Crippen LogP) is 1.55. The van der Waals surface area contributed by atoms with E-state index < -0.39 is 5.60 Å². The van der Waals surface area contributed by atoms with Crippen LogP contribution in [-0.2, 0) is 4.74 Å². The minimum absolute atomic E-state index is 0.285. The molecule has 2 aliphatic heterocycles. The molecule has 29 heavy (non-hydrogen) atoms. The van der Waals surface area contributed by atoms with E-state index >= 15 is 0 Å². The number of carbonyl (C=O) groups excluding carboxylic acids is 1. The summed E-state index contributed by atoms with van der Waals surface area (Å²) in [5, 5.41) is 9.45. The van der Waals surface area contributed by atoms with Gasteiger partial charge in [-0.1, -0.05) is 0 Å². The summed E-state index contributed by atoms with van der Waals surface area (Å²) in [5.41, 5.74) is -0.129. The second-order valence-corrected chi connectivity index (χ2v) is 8.62. The summed E-state index contributed by atoms with van der Waals surface area (Å²) in [4.78, 5) is 29.8. The number of piperazine rings is 1. The van der Waals surface area contributed by atoms with Gasteiger partial charge in [0.25, 0.3) is 0 Å². The first kappa shape index (κ1) is 21.1. The van der Waals surface area contributed by atoms with Crippen LogP contribution in [0.1, 0.15) is 32.9 Å². The summed E-state index contributed by atoms with van der Waals surface area (Å²) >= 11 is 0. The van der Waals surface area contributed by atoms with Crippen molar-refractivity contribution in [3.05, 3.63) is 11.8 Å². The van der Waals surface area contributed by atoms with E-state index in [1.54, 1.807) is 11.0 Å². The number of hydrogen-bond acceptors (Lipinski definition) is 8. The summed E-state index contributed by atoms with van der Waals surface area (Å²) in [7, 11) is 2.12. The fourth-order valence-corrected chi connectivity index (χ4v) is 3.47. The Hall–Kier alpha value is -2.60. The van der Waals surface area contributed by atoms with Gasteiger partial charge in [0.05, 0.1) is 0 Å². The van der Waals surface area contributed by atoms with Gasteiger partial charge in [-0.2, -0.15) is 10.2 Å². The van der Waals surface area contributed by atoms with Crippen LogP contribution in [0.25, 0.3) is 0 Å². The fraction of sp³-hybridized carbons (Fsp3) is 0.700. The number of nitrogens with zero attached hydrogens (tertiary/aromatic N) is 7. The van der Waals surface area contributed by atoms with Crippen molar-refractivity contribution in [3.8, 4) is 6.07 Å². The highest BCUT2D eigenvalue weighted by atomic mass is 16.6. The van der Waals surface area contributed by atoms with E-state index in [9.17, 15) is 10.1 Å². The third kappa shape index (κ3) is 5.70. The second kappa shape index (κ2) is 8.82. The number of hydrogen-bond donors (Lipinski definition) is 0. The number of aromatic nitrogens is 2. The number of anilines is 2. The lowest BCUT2D eigenvalue weighted by Gasteiger charge is -2.36. The highest BCUT2D eigenvalue weighted by molar-refractivity contribution is 5.68. The molecule has 9 heteroatoms. The van der Waals surface area contributed by atoms with Crippen molar-refractivity contribution in [1.82, 2.24) is 19.8 Å². The van der Waals surface area contributed by atoms with Crippen molar-refractivity contribution in [3.63, 3.8) is 0 Å². The molecule has 0 bridgehead atoms. The van der Waals surface area contributed by atoms with Gasteiger partial charge in [0.15, 0.2) is 0 Å². The van der Waals surface area contributed by atoms with Crippen molar-refractivity contribution in [2.45, 2.75) is 32.8 Å². The van der Waals surface area contributed by atoms with Gasteiger partial charge in [0.1, 0.15) is 23.2 Å². The number of rotatable bonds is 2. The lowest BCUT2D eigenvalue weighted by molar-refractivity contribution is 0.0240. The first-order chi connectivity index (χ1) is 13.7. The Morgan fingerprint density at radius 3 is 2.38 bits per heavy atom. The molecule has 0 atom stereocenters. The first-order valence-electron chi connectivity index (χ1n) is 10.2. The Balaban J connectivity index is 1.70. The lowest BCUT2D eigenvalue weighted by atomic mass is 10.2. The molecule has 0 N–H and O–H groups in total. The van der Waals surface area contributed by atoms with Crippen molar-refractivity contribution >= 4 is 17.9 Å². The van der Waals surface area contributed by atoms with Crippen molar-refractivity contribution in [2.75, 3.05) is 69.2 Å². The van der Waals surface area contributed by atoms with Gasteiger partial charge < -0.3 is 24.3 Å². The quantitative estimate of drug-likeness (QED) is 0.737. The van der Waals surface area contributed by atoms with Crippen LogP contribution in [-0.4, -0.2) is 90.9 Å². The molecule has 3 rings (SSSR count). The van der Waals surface area contributed by atoms with Gasteiger partial charge in [0, 0.05) is 51.9 Å². The maximum atomic E-state index is 12.3. The van der Waals surface area contributed by atoms with Gasteiger partial charge in [-0.3, -0.25) is 0 Å². The van der Waals surface area contributed by atoms with Gasteiger partial charge in [-0.05, 0) is 40.8 Å². The molecule has 0 unspecified atom stereocenters. The fourth-order valence-electron chi connectivity index (χ4n) is 3.47. The van der Waals surface area contributed by atoms with E-state index in [0.29, 0.717) is 37.8 Å². The third-order valence-corrected chi connectivity index (χ3v) is 5.07. The molecule has 0 aliphatic carbocycles. The van der Waals surface area contributed by atoms with Crippen LogP contribution in [0, 0.1) is 11.3 Å². The van der Waals surface area contributed by atoms with Crippen LogP contribution >= 0.6 is 0 Å². The summed E-state index contributed by atoms with van der Waals surface area (Å²) in [6, 6.07) is 3.90. The first-order valence-corrected chi connectivity index (χ1v) is 10.2. The molecule has 158 valence electrons. The van der Waals surface area contributed by atoms with E-state index in [1.165, 1.54) is 0 Å². The van der Waals surface area contributed by atoms with Crippen LogP contribution in [0.3, 0.4) is 0 Å². The molecular weight excluding hydrogens is 370 g/mol. The average Bonchev–Trinajstić information content (AvgIpc) is 2.91. The third-order valence-electron chi connectivity index (χ3n) is 5.07. The molecule has 2 fully saturated rings. The van der Waals surface area contributed by atoms with E-state index in [2.05, 4.69) is 32.8 Å². The highest BCUT2D eigenvalue weighted by Crippen LogP contribution is 2.21. The maximum Gasteiger partial charge on any atom is 0.410 e. The van der Waals surface area contributed by atoms with Gasteiger partial charge >= 0.3 is 6.09 Å². The Morgan fingerprint density at radius 2 is 1.72 bits per heavy atom. The molecule has 1 aromatic heterocycles. The van der Waals surface area contributed by atoms with Crippen molar-refractivity contribution in [2.24, 2.45) is 0 Å². The lowest BCUT2D eigenvalue weighted by Crippen LogP contribution is -2.50. The number of carbonyl (C=O) groups is 1. The van der Waals surface area contributed by atoms with E-state index in [-0.39, 0.29) is 6.09 Å². The zero-order valence-electron chi connectivity index (χ0n) is 17.9. The average molecular weight is 402 g/mol. The van der Waals surface area contributed by atoms with E-state index in [0.717, 1.165) is 38.4 Å². The molecule has 0 aromatic carbocycles.